The van der Waals surface area contributed by atoms with Gasteiger partial charge in [0.1, 0.15) is 18.9 Å². The summed E-state index contributed by atoms with van der Waals surface area (Å²) in [7, 11) is 1.73. The number of hydrogen-bond acceptors (Lipinski definition) is 5. The Balaban J connectivity index is 1.96. The fourth-order valence-electron chi connectivity index (χ4n) is 1.34. The zero-order valence-corrected chi connectivity index (χ0v) is 9.48. The number of aromatic nitrogens is 4. The minimum Gasteiger partial charge on any atom is -0.308 e. The number of nitrogens with one attached hydrogen (secondary N) is 1. The first-order valence-electron chi connectivity index (χ1n) is 5.01. The number of nitro groups is 1. The lowest BCUT2D eigenvalue weighted by atomic mass is 10.5. The summed E-state index contributed by atoms with van der Waals surface area (Å²) in [5, 5.41) is 20.7. The number of rotatable bonds is 4. The summed E-state index contributed by atoms with van der Waals surface area (Å²) in [5.74, 6) is 0.0656. The van der Waals surface area contributed by atoms with Crippen molar-refractivity contribution in [2.75, 3.05) is 5.32 Å². The van der Waals surface area contributed by atoms with Gasteiger partial charge >= 0.3 is 5.69 Å². The van der Waals surface area contributed by atoms with E-state index in [4.69, 9.17) is 0 Å². The van der Waals surface area contributed by atoms with E-state index in [-0.39, 0.29) is 18.1 Å². The van der Waals surface area contributed by atoms with Crippen LogP contribution in [0.1, 0.15) is 0 Å². The number of carbonyl (C=O) groups excluding carboxylic acids is 1. The van der Waals surface area contributed by atoms with Crippen molar-refractivity contribution < 1.29 is 9.72 Å². The van der Waals surface area contributed by atoms with E-state index in [1.54, 1.807) is 24.0 Å². The van der Waals surface area contributed by atoms with Gasteiger partial charge in [-0.25, -0.2) is 0 Å². The Morgan fingerprint density at radius 1 is 1.61 bits per heavy atom. The monoisotopic (exact) mass is 250 g/mol. The smallest absolute Gasteiger partial charge is 0.307 e. The summed E-state index contributed by atoms with van der Waals surface area (Å²) < 4.78 is 2.74. The highest BCUT2D eigenvalue weighted by molar-refractivity contribution is 5.89. The predicted molar refractivity (Wildman–Crippen MR) is 60.7 cm³/mol. The maximum atomic E-state index is 11.6. The number of carbonyl (C=O) groups is 1. The van der Waals surface area contributed by atoms with Gasteiger partial charge in [-0.15, -0.1) is 0 Å². The molecule has 0 aliphatic rings. The van der Waals surface area contributed by atoms with E-state index >= 15 is 0 Å². The zero-order valence-electron chi connectivity index (χ0n) is 9.48. The summed E-state index contributed by atoms with van der Waals surface area (Å²) in [6.07, 6.45) is 3.97. The van der Waals surface area contributed by atoms with Crippen LogP contribution in [0.4, 0.5) is 11.5 Å². The maximum Gasteiger partial charge on any atom is 0.307 e. The fourth-order valence-corrected chi connectivity index (χ4v) is 1.34. The topological polar surface area (TPSA) is 108 Å². The molecule has 0 aromatic carbocycles. The first kappa shape index (κ1) is 11.8. The first-order valence-corrected chi connectivity index (χ1v) is 5.01. The molecule has 2 aromatic heterocycles. The van der Waals surface area contributed by atoms with E-state index in [1.807, 2.05) is 0 Å². The molecule has 1 N–H and O–H groups in total. The normalized spacial score (nSPS) is 10.3. The highest BCUT2D eigenvalue weighted by Crippen LogP contribution is 2.08. The lowest BCUT2D eigenvalue weighted by Crippen LogP contribution is -2.19. The molecular weight excluding hydrogens is 240 g/mol. The molecule has 2 aromatic rings. The number of hydrogen-bond donors (Lipinski definition) is 1. The molecule has 1 amide bonds. The van der Waals surface area contributed by atoms with Crippen molar-refractivity contribution in [2.24, 2.45) is 7.05 Å². The molecule has 0 fully saturated rings. The van der Waals surface area contributed by atoms with Gasteiger partial charge in [0.05, 0.1) is 4.92 Å². The minimum atomic E-state index is -0.569. The van der Waals surface area contributed by atoms with Crippen molar-refractivity contribution >= 4 is 17.4 Å². The van der Waals surface area contributed by atoms with Crippen molar-refractivity contribution in [3.8, 4) is 0 Å². The lowest BCUT2D eigenvalue weighted by Gasteiger charge is -2.01. The highest BCUT2D eigenvalue weighted by atomic mass is 16.6. The van der Waals surface area contributed by atoms with E-state index in [9.17, 15) is 14.9 Å². The van der Waals surface area contributed by atoms with Crippen LogP contribution in [0.3, 0.4) is 0 Å². The van der Waals surface area contributed by atoms with Gasteiger partial charge in [0.25, 0.3) is 0 Å². The summed E-state index contributed by atoms with van der Waals surface area (Å²) in [5.41, 5.74) is -0.152. The van der Waals surface area contributed by atoms with Crippen LogP contribution in [0.15, 0.2) is 24.7 Å². The average molecular weight is 250 g/mol. The van der Waals surface area contributed by atoms with Gasteiger partial charge in [-0.3, -0.25) is 24.3 Å². The molecule has 0 saturated carbocycles. The third-order valence-electron chi connectivity index (χ3n) is 2.12. The highest BCUT2D eigenvalue weighted by Gasteiger charge is 2.11. The molecule has 94 valence electrons. The number of anilines is 1. The Kier molecular flexibility index (Phi) is 3.04. The Hall–Kier alpha value is -2.71. The van der Waals surface area contributed by atoms with Gasteiger partial charge in [0.2, 0.25) is 5.91 Å². The summed E-state index contributed by atoms with van der Waals surface area (Å²) >= 11 is 0. The van der Waals surface area contributed by atoms with E-state index in [0.29, 0.717) is 5.82 Å². The molecule has 0 unspecified atom stereocenters. The Morgan fingerprint density at radius 3 is 2.94 bits per heavy atom. The van der Waals surface area contributed by atoms with Crippen molar-refractivity contribution in [1.82, 2.24) is 19.6 Å². The maximum absolute atomic E-state index is 11.6. The van der Waals surface area contributed by atoms with Gasteiger partial charge in [0, 0.05) is 19.3 Å². The van der Waals surface area contributed by atoms with E-state index in [2.05, 4.69) is 15.5 Å². The predicted octanol–water partition coefficient (Wildman–Crippen LogP) is 0.163. The molecule has 0 bridgehead atoms. The molecule has 0 radical (unpaired) electrons. The third kappa shape index (κ3) is 2.70. The van der Waals surface area contributed by atoms with Crippen molar-refractivity contribution in [3.63, 3.8) is 0 Å². The fraction of sp³-hybridized carbons (Fsp3) is 0.222. The second-order valence-corrected chi connectivity index (χ2v) is 3.58. The SMILES string of the molecule is Cn1ccc(NC(=O)Cn2cc([N+](=O)[O-])cn2)n1. The molecule has 9 heteroatoms. The molecule has 2 rings (SSSR count). The van der Waals surface area contributed by atoms with Crippen LogP contribution in [0.5, 0.6) is 0 Å². The van der Waals surface area contributed by atoms with Crippen LogP contribution in [-0.2, 0) is 18.4 Å². The Morgan fingerprint density at radius 2 is 2.39 bits per heavy atom. The van der Waals surface area contributed by atoms with E-state index in [1.165, 1.54) is 10.9 Å². The minimum absolute atomic E-state index is 0.107. The van der Waals surface area contributed by atoms with Gasteiger partial charge in [-0.05, 0) is 0 Å². The molecule has 2 heterocycles. The molecule has 0 atom stereocenters. The second kappa shape index (κ2) is 4.65. The van der Waals surface area contributed by atoms with E-state index < -0.39 is 4.92 Å². The van der Waals surface area contributed by atoms with Gasteiger partial charge in [0.15, 0.2) is 5.82 Å². The Bertz CT molecular complexity index is 587. The molecular formula is C9H10N6O3. The molecule has 9 nitrogen and oxygen atoms in total. The van der Waals surface area contributed by atoms with E-state index in [0.717, 1.165) is 6.20 Å². The third-order valence-corrected chi connectivity index (χ3v) is 2.12. The molecule has 0 saturated heterocycles. The zero-order chi connectivity index (χ0) is 13.1. The average Bonchev–Trinajstić information content (AvgIpc) is 2.88. The largest absolute Gasteiger partial charge is 0.308 e. The molecule has 0 spiro atoms. The second-order valence-electron chi connectivity index (χ2n) is 3.58. The standard InChI is InChI=1S/C9H10N6O3/c1-13-3-2-8(12-13)11-9(16)6-14-5-7(4-10-14)15(17)18/h2-5H,6H2,1H3,(H,11,12,16). The molecule has 0 aliphatic heterocycles. The van der Waals surface area contributed by atoms with Gasteiger partial charge in [-0.2, -0.15) is 10.2 Å². The van der Waals surface area contributed by atoms with Crippen LogP contribution in [0.25, 0.3) is 0 Å². The van der Waals surface area contributed by atoms with Crippen molar-refractivity contribution in [1.29, 1.82) is 0 Å². The van der Waals surface area contributed by atoms with Crippen molar-refractivity contribution in [2.45, 2.75) is 6.54 Å². The van der Waals surface area contributed by atoms with Crippen molar-refractivity contribution in [3.05, 3.63) is 34.8 Å². The summed E-state index contributed by atoms with van der Waals surface area (Å²) in [6, 6.07) is 1.64. The summed E-state index contributed by atoms with van der Waals surface area (Å²) in [6.45, 7) is -0.107. The van der Waals surface area contributed by atoms with Crippen LogP contribution in [-0.4, -0.2) is 30.4 Å². The molecule has 18 heavy (non-hydrogen) atoms. The Labute approximate surface area is 101 Å². The van der Waals surface area contributed by atoms with Gasteiger partial charge < -0.3 is 5.32 Å². The van der Waals surface area contributed by atoms with Crippen LogP contribution in [0.2, 0.25) is 0 Å². The molecule has 0 aliphatic carbocycles. The number of nitrogens with zero attached hydrogens (tertiary/aromatic N) is 5. The number of amides is 1. The van der Waals surface area contributed by atoms with Crippen LogP contribution < -0.4 is 5.32 Å². The quantitative estimate of drug-likeness (QED) is 0.614. The van der Waals surface area contributed by atoms with Crippen LogP contribution in [0, 0.1) is 10.1 Å². The summed E-state index contributed by atoms with van der Waals surface area (Å²) in [4.78, 5) is 21.4. The number of aryl methyl sites for hydroxylation is 1. The van der Waals surface area contributed by atoms with Crippen LogP contribution >= 0.6 is 0 Å². The lowest BCUT2D eigenvalue weighted by molar-refractivity contribution is -0.385. The van der Waals surface area contributed by atoms with Gasteiger partial charge in [-0.1, -0.05) is 0 Å². The first-order chi connectivity index (χ1) is 8.54.